The first-order valence-corrected chi connectivity index (χ1v) is 11.0. The van der Waals surface area contributed by atoms with Gasteiger partial charge in [0.15, 0.2) is 0 Å². The minimum Gasteiger partial charge on any atom is -0.444 e. The Balaban J connectivity index is 1.52. The summed E-state index contributed by atoms with van der Waals surface area (Å²) in [5, 5.41) is 3.07. The summed E-state index contributed by atoms with van der Waals surface area (Å²) in [5.74, 6) is 0.547. The average molecular weight is 409 g/mol. The zero-order chi connectivity index (χ0) is 20.3. The van der Waals surface area contributed by atoms with E-state index in [2.05, 4.69) is 53.6 Å². The third-order valence-electron chi connectivity index (χ3n) is 4.91. The van der Waals surface area contributed by atoms with Crippen molar-refractivity contribution in [2.45, 2.75) is 45.3 Å². The highest BCUT2D eigenvalue weighted by atomic mass is 32.1. The van der Waals surface area contributed by atoms with Gasteiger partial charge in [0, 0.05) is 12.2 Å². The molecule has 0 saturated heterocycles. The van der Waals surface area contributed by atoms with Gasteiger partial charge in [-0.25, -0.2) is 4.79 Å². The maximum atomic E-state index is 12.3. The van der Waals surface area contributed by atoms with E-state index in [1.807, 2.05) is 24.3 Å². The van der Waals surface area contributed by atoms with Crippen molar-refractivity contribution in [3.05, 3.63) is 88.4 Å². The number of carbonyl (C=O) groups is 1. The van der Waals surface area contributed by atoms with Crippen molar-refractivity contribution < 1.29 is 9.53 Å². The van der Waals surface area contributed by atoms with Crippen LogP contribution in [0.15, 0.2) is 72.4 Å². The molecule has 29 heavy (non-hydrogen) atoms. The monoisotopic (exact) mass is 408 g/mol. The van der Waals surface area contributed by atoms with Crippen molar-refractivity contribution in [1.29, 1.82) is 0 Å². The van der Waals surface area contributed by atoms with Crippen LogP contribution in [0, 0.1) is 5.92 Å². The third-order valence-corrected chi connectivity index (χ3v) is 5.66. The predicted octanol–water partition coefficient (Wildman–Crippen LogP) is 5.64. The van der Waals surface area contributed by atoms with Gasteiger partial charge in [-0.05, 0) is 42.7 Å². The van der Waals surface area contributed by atoms with Gasteiger partial charge in [0.2, 0.25) is 0 Å². The number of aromatic nitrogens is 1. The summed E-state index contributed by atoms with van der Waals surface area (Å²) in [6.45, 7) is 2.54. The molecule has 0 bridgehead atoms. The summed E-state index contributed by atoms with van der Waals surface area (Å²) >= 11 is 1.49. The number of alkyl carbamates (subject to hydrolysis) is 1. The highest BCUT2D eigenvalue weighted by molar-refractivity contribution is 7.09. The van der Waals surface area contributed by atoms with Crippen LogP contribution in [0.4, 0.5) is 4.79 Å². The van der Waals surface area contributed by atoms with Gasteiger partial charge in [0.25, 0.3) is 0 Å². The molecule has 3 rings (SSSR count). The van der Waals surface area contributed by atoms with Gasteiger partial charge in [-0.15, -0.1) is 11.3 Å². The fraction of sp³-hybridized carbons (Fsp3) is 0.333. The van der Waals surface area contributed by atoms with E-state index in [0.717, 1.165) is 30.6 Å². The summed E-state index contributed by atoms with van der Waals surface area (Å²) in [6, 6.07) is 20.9. The molecule has 0 saturated carbocycles. The molecule has 0 radical (unpaired) electrons. The lowest BCUT2D eigenvalue weighted by Gasteiger charge is -2.21. The Morgan fingerprint density at radius 2 is 1.66 bits per heavy atom. The van der Waals surface area contributed by atoms with E-state index in [9.17, 15) is 4.79 Å². The molecule has 0 aliphatic carbocycles. The van der Waals surface area contributed by atoms with Crippen molar-refractivity contribution in [2.75, 3.05) is 0 Å². The van der Waals surface area contributed by atoms with Gasteiger partial charge in [-0.3, -0.25) is 4.98 Å². The molecule has 1 aromatic heterocycles. The minimum absolute atomic E-state index is 0.0459. The van der Waals surface area contributed by atoms with Crippen LogP contribution in [0.1, 0.15) is 35.8 Å². The molecule has 2 atom stereocenters. The van der Waals surface area contributed by atoms with Crippen LogP contribution in [-0.2, 0) is 24.2 Å². The summed E-state index contributed by atoms with van der Waals surface area (Å²) in [7, 11) is 0. The quantitative estimate of drug-likeness (QED) is 0.472. The Bertz CT molecular complexity index is 838. The number of rotatable bonds is 10. The lowest BCUT2D eigenvalue weighted by molar-refractivity contribution is 0.135. The Kier molecular flexibility index (Phi) is 8.25. The first-order valence-electron chi connectivity index (χ1n) is 10.1. The largest absolute Gasteiger partial charge is 0.444 e. The lowest BCUT2D eigenvalue weighted by Crippen LogP contribution is -2.37. The van der Waals surface area contributed by atoms with Gasteiger partial charge in [-0.1, -0.05) is 67.6 Å². The standard InChI is InChI=1S/C24H28N2O2S/c1-19(14-20-8-4-2-5-9-20)12-13-22(15-21-10-6-3-7-11-21)26-24(27)28-17-23-16-25-18-29-23/h2-11,16,18-19,22H,12-15,17H2,1H3,(H,26,27). The Hall–Kier alpha value is -2.66. The fourth-order valence-corrected chi connectivity index (χ4v) is 3.89. The number of benzene rings is 2. The summed E-state index contributed by atoms with van der Waals surface area (Å²) < 4.78 is 5.38. The van der Waals surface area contributed by atoms with Crippen LogP contribution in [0.25, 0.3) is 0 Å². The van der Waals surface area contributed by atoms with Gasteiger partial charge < -0.3 is 10.1 Å². The minimum atomic E-state index is -0.366. The van der Waals surface area contributed by atoms with E-state index in [1.165, 1.54) is 22.5 Å². The second-order valence-electron chi connectivity index (χ2n) is 7.45. The SMILES string of the molecule is CC(CCC(Cc1ccccc1)NC(=O)OCc1cncs1)Cc1ccccc1. The van der Waals surface area contributed by atoms with Crippen LogP contribution >= 0.6 is 11.3 Å². The molecule has 1 N–H and O–H groups in total. The fourth-order valence-electron chi connectivity index (χ4n) is 3.39. The highest BCUT2D eigenvalue weighted by Crippen LogP contribution is 2.17. The molecule has 0 fully saturated rings. The molecule has 152 valence electrons. The van der Waals surface area contributed by atoms with Crippen LogP contribution in [-0.4, -0.2) is 17.1 Å². The van der Waals surface area contributed by atoms with Crippen LogP contribution < -0.4 is 5.32 Å². The van der Waals surface area contributed by atoms with Crippen molar-refractivity contribution in [3.63, 3.8) is 0 Å². The van der Waals surface area contributed by atoms with Gasteiger partial charge >= 0.3 is 6.09 Å². The Morgan fingerprint density at radius 3 is 2.28 bits per heavy atom. The van der Waals surface area contributed by atoms with Crippen molar-refractivity contribution in [3.8, 4) is 0 Å². The number of amides is 1. The van der Waals surface area contributed by atoms with Gasteiger partial charge in [0.1, 0.15) is 6.61 Å². The summed E-state index contributed by atoms with van der Waals surface area (Å²) in [5.41, 5.74) is 4.32. The first-order chi connectivity index (χ1) is 14.2. The number of hydrogen-bond donors (Lipinski definition) is 1. The van der Waals surface area contributed by atoms with Crippen LogP contribution in [0.5, 0.6) is 0 Å². The molecule has 0 aliphatic heterocycles. The van der Waals surface area contributed by atoms with E-state index in [4.69, 9.17) is 4.74 Å². The third kappa shape index (κ3) is 7.70. The van der Waals surface area contributed by atoms with E-state index in [0.29, 0.717) is 5.92 Å². The maximum Gasteiger partial charge on any atom is 0.407 e. The second kappa shape index (κ2) is 11.4. The van der Waals surface area contributed by atoms with Crippen LogP contribution in [0.3, 0.4) is 0 Å². The summed E-state index contributed by atoms with van der Waals surface area (Å²) in [4.78, 5) is 17.3. The zero-order valence-electron chi connectivity index (χ0n) is 16.8. The number of ether oxygens (including phenoxy) is 1. The van der Waals surface area contributed by atoms with E-state index in [1.54, 1.807) is 11.7 Å². The average Bonchev–Trinajstić information content (AvgIpc) is 3.26. The molecule has 5 heteroatoms. The number of nitrogens with one attached hydrogen (secondary N) is 1. The Morgan fingerprint density at radius 1 is 1.00 bits per heavy atom. The van der Waals surface area contributed by atoms with Crippen molar-refractivity contribution in [1.82, 2.24) is 10.3 Å². The molecule has 0 spiro atoms. The van der Waals surface area contributed by atoms with E-state index in [-0.39, 0.29) is 18.7 Å². The molecular weight excluding hydrogens is 380 g/mol. The van der Waals surface area contributed by atoms with Gasteiger partial charge in [0.05, 0.1) is 10.4 Å². The maximum absolute atomic E-state index is 12.3. The molecule has 4 nitrogen and oxygen atoms in total. The van der Waals surface area contributed by atoms with Crippen molar-refractivity contribution >= 4 is 17.4 Å². The molecule has 1 heterocycles. The normalized spacial score (nSPS) is 12.9. The molecule has 3 aromatic rings. The van der Waals surface area contributed by atoms with E-state index >= 15 is 0 Å². The second-order valence-corrected chi connectivity index (χ2v) is 8.42. The number of carbonyl (C=O) groups excluding carboxylic acids is 1. The number of thiazole rings is 1. The number of nitrogens with zero attached hydrogens (tertiary/aromatic N) is 1. The molecule has 2 aromatic carbocycles. The Labute approximate surface area is 177 Å². The van der Waals surface area contributed by atoms with Crippen molar-refractivity contribution in [2.24, 2.45) is 5.92 Å². The highest BCUT2D eigenvalue weighted by Gasteiger charge is 2.16. The molecule has 2 unspecified atom stereocenters. The molecule has 1 amide bonds. The van der Waals surface area contributed by atoms with E-state index < -0.39 is 0 Å². The number of hydrogen-bond acceptors (Lipinski definition) is 4. The predicted molar refractivity (Wildman–Crippen MR) is 118 cm³/mol. The molecular formula is C24H28N2O2S. The van der Waals surface area contributed by atoms with Crippen LogP contribution in [0.2, 0.25) is 0 Å². The molecule has 0 aliphatic rings. The smallest absolute Gasteiger partial charge is 0.407 e. The lowest BCUT2D eigenvalue weighted by atomic mass is 9.93. The van der Waals surface area contributed by atoms with Gasteiger partial charge in [-0.2, -0.15) is 0 Å². The first kappa shape index (κ1) is 21.1. The topological polar surface area (TPSA) is 51.2 Å². The zero-order valence-corrected chi connectivity index (χ0v) is 17.6. The summed E-state index contributed by atoms with van der Waals surface area (Å²) in [6.07, 6.45) is 5.17.